The van der Waals surface area contributed by atoms with E-state index in [2.05, 4.69) is 15.0 Å². The number of hydrogen-bond donors (Lipinski definition) is 0. The predicted octanol–water partition coefficient (Wildman–Crippen LogP) is 3.19. The minimum Gasteiger partial charge on any atom is -0.490 e. The Kier molecular flexibility index (Phi) is 4.38. The number of rotatable bonds is 4. The summed E-state index contributed by atoms with van der Waals surface area (Å²) in [6, 6.07) is 9.90. The molecule has 0 saturated carbocycles. The molecule has 2 bridgehead atoms. The Morgan fingerprint density at radius 2 is 1.83 bits per heavy atom. The van der Waals surface area contributed by atoms with E-state index in [1.807, 2.05) is 37.4 Å². The van der Waals surface area contributed by atoms with Gasteiger partial charge in [-0.2, -0.15) is 5.10 Å². The number of pyridine rings is 1. The van der Waals surface area contributed by atoms with Gasteiger partial charge in [-0.3, -0.25) is 9.78 Å². The van der Waals surface area contributed by atoms with Gasteiger partial charge in [-0.25, -0.2) is 4.68 Å². The third-order valence-electron chi connectivity index (χ3n) is 6.10. The van der Waals surface area contributed by atoms with Crippen LogP contribution in [0.2, 0.25) is 0 Å². The molecule has 3 aromatic rings. The SMILES string of the molecule is COc1c2ccc(C(=O)N3C4CCC3CC(Oc3ccncc3)C4)cc2nn1C. The summed E-state index contributed by atoms with van der Waals surface area (Å²) < 4.78 is 13.3. The highest BCUT2D eigenvalue weighted by atomic mass is 16.5. The summed E-state index contributed by atoms with van der Waals surface area (Å²) in [5, 5.41) is 5.40. The third-order valence-corrected chi connectivity index (χ3v) is 6.10. The summed E-state index contributed by atoms with van der Waals surface area (Å²) >= 11 is 0. The molecule has 2 aromatic heterocycles. The molecule has 2 fully saturated rings. The van der Waals surface area contributed by atoms with Gasteiger partial charge in [0.25, 0.3) is 5.91 Å². The highest BCUT2D eigenvalue weighted by molar-refractivity contribution is 5.99. The summed E-state index contributed by atoms with van der Waals surface area (Å²) in [4.78, 5) is 19.5. The van der Waals surface area contributed by atoms with Gasteiger partial charge in [0.2, 0.25) is 5.88 Å². The number of methoxy groups -OCH3 is 1. The largest absolute Gasteiger partial charge is 0.490 e. The molecule has 7 heteroatoms. The summed E-state index contributed by atoms with van der Waals surface area (Å²) in [7, 11) is 3.47. The van der Waals surface area contributed by atoms with Gasteiger partial charge in [-0.1, -0.05) is 0 Å². The van der Waals surface area contributed by atoms with E-state index in [1.54, 1.807) is 24.2 Å². The lowest BCUT2D eigenvalue weighted by atomic mass is 9.98. The lowest BCUT2D eigenvalue weighted by Crippen LogP contribution is -2.49. The van der Waals surface area contributed by atoms with Crippen LogP contribution in [0.4, 0.5) is 0 Å². The molecule has 0 aliphatic carbocycles. The molecule has 2 atom stereocenters. The number of amides is 1. The van der Waals surface area contributed by atoms with Crippen LogP contribution in [0.3, 0.4) is 0 Å². The van der Waals surface area contributed by atoms with Crippen LogP contribution in [0.25, 0.3) is 10.9 Å². The molecule has 2 aliphatic rings. The minimum absolute atomic E-state index is 0.0892. The van der Waals surface area contributed by atoms with Crippen LogP contribution in [0.15, 0.2) is 42.7 Å². The fraction of sp³-hybridized carbons (Fsp3) is 0.409. The quantitative estimate of drug-likeness (QED) is 0.682. The topological polar surface area (TPSA) is 69.5 Å². The Hall–Kier alpha value is -3.09. The number of piperidine rings is 1. The molecule has 150 valence electrons. The van der Waals surface area contributed by atoms with Crippen molar-refractivity contribution in [1.29, 1.82) is 0 Å². The molecule has 1 amide bonds. The third kappa shape index (κ3) is 3.10. The molecule has 7 nitrogen and oxygen atoms in total. The summed E-state index contributed by atoms with van der Waals surface area (Å²) in [5.41, 5.74) is 1.46. The number of nitrogens with zero attached hydrogens (tertiary/aromatic N) is 4. The summed E-state index contributed by atoms with van der Waals surface area (Å²) in [6.07, 6.45) is 7.42. The molecule has 2 saturated heterocycles. The van der Waals surface area contributed by atoms with Gasteiger partial charge in [0.05, 0.1) is 18.0 Å². The van der Waals surface area contributed by atoms with Crippen molar-refractivity contribution in [2.75, 3.05) is 7.11 Å². The highest BCUT2D eigenvalue weighted by Gasteiger charge is 2.44. The average Bonchev–Trinajstić information content (AvgIpc) is 3.19. The van der Waals surface area contributed by atoms with Crippen molar-refractivity contribution in [2.24, 2.45) is 7.05 Å². The maximum absolute atomic E-state index is 13.3. The van der Waals surface area contributed by atoms with E-state index in [1.165, 1.54) is 0 Å². The van der Waals surface area contributed by atoms with Crippen molar-refractivity contribution in [3.8, 4) is 11.6 Å². The van der Waals surface area contributed by atoms with E-state index in [9.17, 15) is 4.79 Å². The number of carbonyl (C=O) groups excluding carboxylic acids is 1. The van der Waals surface area contributed by atoms with Crippen LogP contribution >= 0.6 is 0 Å². The van der Waals surface area contributed by atoms with Crippen LogP contribution < -0.4 is 9.47 Å². The molecule has 0 spiro atoms. The van der Waals surface area contributed by atoms with Crippen molar-refractivity contribution in [2.45, 2.75) is 43.9 Å². The lowest BCUT2D eigenvalue weighted by molar-refractivity contribution is 0.0359. The first-order chi connectivity index (χ1) is 14.1. The van der Waals surface area contributed by atoms with Crippen molar-refractivity contribution in [3.05, 3.63) is 48.3 Å². The van der Waals surface area contributed by atoms with E-state index in [0.717, 1.165) is 42.3 Å². The normalized spacial score (nSPS) is 23.4. The van der Waals surface area contributed by atoms with E-state index < -0.39 is 0 Å². The van der Waals surface area contributed by atoms with Gasteiger partial charge in [-0.05, 0) is 43.2 Å². The number of aryl methyl sites for hydroxylation is 1. The standard InChI is InChI=1S/C22H24N4O3/c1-25-22(28-2)19-6-3-14(11-20(19)24-25)21(27)26-15-4-5-16(26)13-18(12-15)29-17-7-9-23-10-8-17/h3,6-11,15-16,18H,4-5,12-13H2,1-2H3. The molecule has 29 heavy (non-hydrogen) atoms. The minimum atomic E-state index is 0.0892. The Morgan fingerprint density at radius 1 is 1.10 bits per heavy atom. The van der Waals surface area contributed by atoms with Crippen LogP contribution in [-0.4, -0.2) is 50.9 Å². The van der Waals surface area contributed by atoms with Gasteiger partial charge < -0.3 is 14.4 Å². The molecular formula is C22H24N4O3. The van der Waals surface area contributed by atoms with E-state index in [4.69, 9.17) is 9.47 Å². The van der Waals surface area contributed by atoms with Crippen molar-refractivity contribution in [1.82, 2.24) is 19.7 Å². The zero-order valence-electron chi connectivity index (χ0n) is 16.6. The summed E-state index contributed by atoms with van der Waals surface area (Å²) in [6.45, 7) is 0. The first kappa shape index (κ1) is 18.0. The zero-order valence-corrected chi connectivity index (χ0v) is 16.6. The second kappa shape index (κ2) is 7.06. The number of aromatic nitrogens is 3. The Labute approximate surface area is 169 Å². The number of benzene rings is 1. The van der Waals surface area contributed by atoms with E-state index >= 15 is 0 Å². The molecule has 2 unspecified atom stereocenters. The van der Waals surface area contributed by atoms with Crippen LogP contribution in [0.5, 0.6) is 11.6 Å². The molecule has 4 heterocycles. The molecule has 5 rings (SSSR count). The Bertz CT molecular complexity index is 1030. The molecule has 0 radical (unpaired) electrons. The second-order valence-electron chi connectivity index (χ2n) is 7.86. The second-order valence-corrected chi connectivity index (χ2v) is 7.86. The maximum Gasteiger partial charge on any atom is 0.254 e. The Morgan fingerprint density at radius 3 is 2.52 bits per heavy atom. The number of hydrogen-bond acceptors (Lipinski definition) is 5. The molecule has 2 aliphatic heterocycles. The maximum atomic E-state index is 13.3. The first-order valence-electron chi connectivity index (χ1n) is 10.0. The number of carbonyl (C=O) groups is 1. The molecule has 0 N–H and O–H groups in total. The number of ether oxygens (including phenoxy) is 2. The summed E-state index contributed by atoms with van der Waals surface area (Å²) in [5.74, 6) is 1.64. The molecular weight excluding hydrogens is 368 g/mol. The van der Waals surface area contributed by atoms with Crippen molar-refractivity contribution < 1.29 is 14.3 Å². The van der Waals surface area contributed by atoms with E-state index in [0.29, 0.717) is 11.4 Å². The monoisotopic (exact) mass is 392 g/mol. The molecule has 1 aromatic carbocycles. The number of fused-ring (bicyclic) bond motifs is 3. The van der Waals surface area contributed by atoms with Gasteiger partial charge in [0.15, 0.2) is 0 Å². The zero-order chi connectivity index (χ0) is 20.0. The van der Waals surface area contributed by atoms with Gasteiger partial charge in [-0.15, -0.1) is 0 Å². The van der Waals surface area contributed by atoms with Gasteiger partial charge in [0, 0.05) is 49.9 Å². The fourth-order valence-electron chi connectivity index (χ4n) is 4.86. The van der Waals surface area contributed by atoms with Crippen LogP contribution in [0, 0.1) is 0 Å². The van der Waals surface area contributed by atoms with Gasteiger partial charge in [0.1, 0.15) is 11.9 Å². The van der Waals surface area contributed by atoms with Crippen molar-refractivity contribution in [3.63, 3.8) is 0 Å². The highest BCUT2D eigenvalue weighted by Crippen LogP contribution is 2.38. The van der Waals surface area contributed by atoms with Crippen molar-refractivity contribution >= 4 is 16.8 Å². The Balaban J connectivity index is 1.35. The van der Waals surface area contributed by atoms with E-state index in [-0.39, 0.29) is 24.1 Å². The van der Waals surface area contributed by atoms with Gasteiger partial charge >= 0.3 is 0 Å². The average molecular weight is 392 g/mol. The van der Waals surface area contributed by atoms with Crippen LogP contribution in [-0.2, 0) is 7.05 Å². The van der Waals surface area contributed by atoms with Crippen LogP contribution in [0.1, 0.15) is 36.0 Å². The smallest absolute Gasteiger partial charge is 0.254 e. The fourth-order valence-corrected chi connectivity index (χ4v) is 4.86. The predicted molar refractivity (Wildman–Crippen MR) is 108 cm³/mol. The lowest BCUT2D eigenvalue weighted by Gasteiger charge is -2.39. The first-order valence-corrected chi connectivity index (χ1v) is 10.0.